The molecule has 5 aromatic carbocycles. The number of hydrogen-bond donors (Lipinski definition) is 1. The fourth-order valence-corrected chi connectivity index (χ4v) is 8.21. The number of esters is 1. The number of fused-ring (bicyclic) bond motifs is 2. The zero-order valence-corrected chi connectivity index (χ0v) is 33.1. The van der Waals surface area contributed by atoms with Gasteiger partial charge in [-0.15, -0.1) is 0 Å². The lowest BCUT2D eigenvalue weighted by Gasteiger charge is -2.41. The molecule has 0 unspecified atom stereocenters. The van der Waals surface area contributed by atoms with E-state index in [1.54, 1.807) is 75.9 Å². The van der Waals surface area contributed by atoms with Gasteiger partial charge in [0.25, 0.3) is 5.91 Å². The van der Waals surface area contributed by atoms with Crippen molar-refractivity contribution in [1.82, 2.24) is 14.5 Å². The SMILES string of the molecule is COc1ccc(C(OC[C@@]23CN(C)[C@@H]([C@H](n4cc(C)c(NC(=O)c5ccccc5)nc4=O)O2)[C@@H]3OC(=O)c2ccccc2)(c2ccccc2)c2ccc(OC)cc2)cc1. The molecule has 1 aromatic heterocycles. The molecule has 6 aromatic rings. The Hall–Kier alpha value is -6.60. The van der Waals surface area contributed by atoms with Gasteiger partial charge in [-0.3, -0.25) is 14.3 Å². The normalized spacial score (nSPS) is 19.9. The summed E-state index contributed by atoms with van der Waals surface area (Å²) in [6, 6.07) is 42.1. The standard InChI is InChI=1S/C47H44N4O8/c1-31-28-51(45(54)49-41(31)48-42(52)32-14-8-5-9-15-32)43-39-40(58-44(53)33-16-10-6-11-17-33)46(59-43,29-50(39)2)30-57-47(34-18-12-7-13-19-34,35-20-24-37(55-3)25-21-35)36-22-26-38(56-4)27-23-36/h5-28,39-40,43H,29-30H2,1-4H3,(H,48,49,52,54)/t39-,40+,43-,46-/m1/s1. The van der Waals surface area contributed by atoms with Crippen LogP contribution in [0, 0.1) is 6.92 Å². The summed E-state index contributed by atoms with van der Waals surface area (Å²) in [7, 11) is 5.14. The Morgan fingerprint density at radius 1 is 0.780 bits per heavy atom. The molecule has 4 atom stereocenters. The van der Waals surface area contributed by atoms with Crippen LogP contribution in [-0.4, -0.2) is 78.5 Å². The number of hydrogen-bond acceptors (Lipinski definition) is 10. The number of aromatic nitrogens is 2. The van der Waals surface area contributed by atoms with E-state index in [1.807, 2.05) is 103 Å². The smallest absolute Gasteiger partial charge is 0.351 e. The highest BCUT2D eigenvalue weighted by atomic mass is 16.6. The number of benzene rings is 5. The lowest BCUT2D eigenvalue weighted by atomic mass is 9.79. The van der Waals surface area contributed by atoms with Crippen molar-refractivity contribution in [1.29, 1.82) is 0 Å². The molecule has 0 saturated carbocycles. The quantitative estimate of drug-likeness (QED) is 0.100. The highest BCUT2D eigenvalue weighted by Gasteiger charge is 2.66. The van der Waals surface area contributed by atoms with Crippen LogP contribution in [0.2, 0.25) is 0 Å². The average Bonchev–Trinajstić information content (AvgIpc) is 3.72. The summed E-state index contributed by atoms with van der Waals surface area (Å²) in [4.78, 5) is 47.2. The van der Waals surface area contributed by atoms with E-state index in [2.05, 4.69) is 10.3 Å². The second-order valence-corrected chi connectivity index (χ2v) is 14.7. The Morgan fingerprint density at radius 2 is 1.31 bits per heavy atom. The van der Waals surface area contributed by atoms with Crippen molar-refractivity contribution in [2.24, 2.45) is 0 Å². The molecule has 12 heteroatoms. The minimum absolute atomic E-state index is 0.0730. The third-order valence-electron chi connectivity index (χ3n) is 11.1. The summed E-state index contributed by atoms with van der Waals surface area (Å²) in [5.41, 5.74) is 0.656. The first-order valence-corrected chi connectivity index (χ1v) is 19.2. The zero-order chi connectivity index (χ0) is 41.1. The number of amides is 1. The van der Waals surface area contributed by atoms with Crippen LogP contribution < -0.4 is 20.5 Å². The molecule has 0 spiro atoms. The van der Waals surface area contributed by atoms with Crippen molar-refractivity contribution in [2.75, 3.05) is 39.7 Å². The molecule has 2 aliphatic rings. The van der Waals surface area contributed by atoms with Crippen molar-refractivity contribution < 1.29 is 33.3 Å². The van der Waals surface area contributed by atoms with E-state index >= 15 is 0 Å². The third-order valence-corrected chi connectivity index (χ3v) is 11.1. The van der Waals surface area contributed by atoms with Crippen LogP contribution in [0.1, 0.15) is 49.2 Å². The van der Waals surface area contributed by atoms with E-state index in [0.717, 1.165) is 16.7 Å². The van der Waals surface area contributed by atoms with Crippen molar-refractivity contribution in [2.45, 2.75) is 36.5 Å². The van der Waals surface area contributed by atoms with Crippen LogP contribution in [0.3, 0.4) is 0 Å². The maximum atomic E-state index is 14.0. The van der Waals surface area contributed by atoms with Crippen LogP contribution in [0.4, 0.5) is 5.82 Å². The molecule has 2 fully saturated rings. The van der Waals surface area contributed by atoms with Crippen molar-refractivity contribution in [3.05, 3.63) is 190 Å². The zero-order valence-electron chi connectivity index (χ0n) is 33.1. The number of nitrogens with zero attached hydrogens (tertiary/aromatic N) is 3. The summed E-state index contributed by atoms with van der Waals surface area (Å²) in [5.74, 6) is 0.560. The summed E-state index contributed by atoms with van der Waals surface area (Å²) in [6.07, 6.45) is -0.227. The Labute approximate surface area is 341 Å². The molecular weight excluding hydrogens is 749 g/mol. The number of anilines is 1. The molecular formula is C47H44N4O8. The minimum atomic E-state index is -1.28. The molecule has 0 aliphatic carbocycles. The Morgan fingerprint density at radius 3 is 1.86 bits per heavy atom. The first-order valence-electron chi connectivity index (χ1n) is 19.2. The number of carbonyl (C=O) groups is 2. The van der Waals surface area contributed by atoms with Crippen molar-refractivity contribution >= 4 is 17.7 Å². The highest BCUT2D eigenvalue weighted by molar-refractivity contribution is 6.04. The fourth-order valence-electron chi connectivity index (χ4n) is 8.21. The van der Waals surface area contributed by atoms with E-state index in [0.29, 0.717) is 34.7 Å². The molecule has 1 N–H and O–H groups in total. The van der Waals surface area contributed by atoms with Crippen molar-refractivity contribution in [3.8, 4) is 11.5 Å². The van der Waals surface area contributed by atoms with Gasteiger partial charge in [-0.05, 0) is 79.2 Å². The Bertz CT molecular complexity index is 2430. The predicted molar refractivity (Wildman–Crippen MR) is 221 cm³/mol. The Kier molecular flexibility index (Phi) is 10.9. The highest BCUT2D eigenvalue weighted by Crippen LogP contribution is 2.50. The van der Waals surface area contributed by atoms with Gasteiger partial charge in [0, 0.05) is 23.9 Å². The van der Waals surface area contributed by atoms with Gasteiger partial charge in [-0.2, -0.15) is 4.98 Å². The molecule has 2 saturated heterocycles. The molecule has 2 bridgehead atoms. The molecule has 2 aliphatic heterocycles. The van der Waals surface area contributed by atoms with Crippen LogP contribution >= 0.6 is 0 Å². The monoisotopic (exact) mass is 792 g/mol. The van der Waals surface area contributed by atoms with E-state index in [4.69, 9.17) is 23.7 Å². The van der Waals surface area contributed by atoms with E-state index < -0.39 is 47.1 Å². The number of rotatable bonds is 13. The topological polar surface area (TPSA) is 130 Å². The molecule has 0 radical (unpaired) electrons. The molecule has 8 rings (SSSR count). The van der Waals surface area contributed by atoms with Crippen LogP contribution in [0.25, 0.3) is 0 Å². The first kappa shape index (κ1) is 39.2. The number of ether oxygens (including phenoxy) is 5. The largest absolute Gasteiger partial charge is 0.497 e. The maximum Gasteiger partial charge on any atom is 0.351 e. The fraction of sp³-hybridized carbons (Fsp3) is 0.234. The number of nitrogens with one attached hydrogen (secondary N) is 1. The van der Waals surface area contributed by atoms with Gasteiger partial charge in [-0.1, -0.05) is 91.0 Å². The van der Waals surface area contributed by atoms with Gasteiger partial charge in [0.1, 0.15) is 28.5 Å². The number of methoxy groups -OCH3 is 2. The van der Waals surface area contributed by atoms with Gasteiger partial charge >= 0.3 is 11.7 Å². The first-order chi connectivity index (χ1) is 28.7. The summed E-state index contributed by atoms with van der Waals surface area (Å²) >= 11 is 0. The summed E-state index contributed by atoms with van der Waals surface area (Å²) in [5, 5.41) is 2.77. The second kappa shape index (κ2) is 16.3. The number of aryl methyl sites for hydroxylation is 1. The van der Waals surface area contributed by atoms with Crippen LogP contribution in [0.5, 0.6) is 11.5 Å². The van der Waals surface area contributed by atoms with Gasteiger partial charge in [-0.25, -0.2) is 9.59 Å². The second-order valence-electron chi connectivity index (χ2n) is 14.7. The lowest BCUT2D eigenvalue weighted by Crippen LogP contribution is -2.51. The average molecular weight is 793 g/mol. The Balaban J connectivity index is 1.21. The van der Waals surface area contributed by atoms with E-state index in [1.165, 1.54) is 4.57 Å². The number of morpholine rings is 1. The molecule has 12 nitrogen and oxygen atoms in total. The summed E-state index contributed by atoms with van der Waals surface area (Å²) < 4.78 is 33.3. The van der Waals surface area contributed by atoms with Gasteiger partial charge in [0.15, 0.2) is 12.3 Å². The van der Waals surface area contributed by atoms with Crippen molar-refractivity contribution in [3.63, 3.8) is 0 Å². The van der Waals surface area contributed by atoms with E-state index in [-0.39, 0.29) is 12.4 Å². The van der Waals surface area contributed by atoms with Gasteiger partial charge in [0.2, 0.25) is 0 Å². The number of carbonyl (C=O) groups excluding carboxylic acids is 2. The third kappa shape index (κ3) is 7.38. The predicted octanol–water partition coefficient (Wildman–Crippen LogP) is 6.64. The molecule has 3 heterocycles. The number of likely N-dealkylation sites (N-methyl/N-ethyl adjacent to an activating group) is 1. The molecule has 1 amide bonds. The van der Waals surface area contributed by atoms with Gasteiger partial charge in [0.05, 0.1) is 32.4 Å². The molecule has 59 heavy (non-hydrogen) atoms. The number of likely N-dealkylation sites (tertiary alicyclic amines) is 1. The lowest BCUT2D eigenvalue weighted by molar-refractivity contribution is -0.176. The van der Waals surface area contributed by atoms with Crippen LogP contribution in [0.15, 0.2) is 151 Å². The maximum absolute atomic E-state index is 14.0. The van der Waals surface area contributed by atoms with Gasteiger partial charge < -0.3 is 29.0 Å². The van der Waals surface area contributed by atoms with E-state index in [9.17, 15) is 14.4 Å². The van der Waals surface area contributed by atoms with Crippen LogP contribution in [-0.2, 0) is 19.8 Å². The summed E-state index contributed by atoms with van der Waals surface area (Å²) in [6.45, 7) is 1.99. The molecule has 300 valence electrons. The minimum Gasteiger partial charge on any atom is -0.497 e.